The zero-order valence-electron chi connectivity index (χ0n) is 12.0. The third-order valence-electron chi connectivity index (χ3n) is 2.49. The quantitative estimate of drug-likeness (QED) is 0.176. The molecule has 16 heteroatoms. The fourth-order valence-electron chi connectivity index (χ4n) is 1.41. The molecular weight excluding hydrogens is 358 g/mol. The summed E-state index contributed by atoms with van der Waals surface area (Å²) in [6.45, 7) is 1.63. The summed E-state index contributed by atoms with van der Waals surface area (Å²) in [4.78, 5) is 27.7. The Morgan fingerprint density at radius 1 is 1.52 bits per heavy atom. The van der Waals surface area contributed by atoms with Crippen LogP contribution in [0.3, 0.4) is 0 Å². The lowest BCUT2D eigenvalue weighted by atomic mass is 10.6. The van der Waals surface area contributed by atoms with E-state index in [1.807, 2.05) is 5.64 Å². The van der Waals surface area contributed by atoms with Crippen LogP contribution in [0, 0.1) is 0 Å². The normalized spacial score (nSPS) is 21.1. The molecule has 0 radical (unpaired) electrons. The first-order chi connectivity index (χ1) is 10.5. The van der Waals surface area contributed by atoms with Gasteiger partial charge < -0.3 is 30.8 Å². The third kappa shape index (κ3) is 6.91. The van der Waals surface area contributed by atoms with Gasteiger partial charge in [0.05, 0.1) is 6.67 Å². The number of guanidine groups is 1. The molecule has 0 saturated carbocycles. The number of hydrogen-bond donors (Lipinski definition) is 6. The van der Waals surface area contributed by atoms with E-state index in [2.05, 4.69) is 19.3 Å². The van der Waals surface area contributed by atoms with Crippen LogP contribution in [0.5, 0.6) is 0 Å². The van der Waals surface area contributed by atoms with Crippen molar-refractivity contribution in [2.45, 2.75) is 0 Å². The van der Waals surface area contributed by atoms with E-state index in [1.54, 1.807) is 4.67 Å². The zero-order chi connectivity index (χ0) is 17.7. The predicted octanol–water partition coefficient (Wildman–Crippen LogP) is -2.17. The first kappa shape index (κ1) is 20.0. The Kier molecular flexibility index (Phi) is 7.07. The molecule has 0 aromatic rings. The molecule has 2 aliphatic rings. The zero-order valence-corrected chi connectivity index (χ0v) is 13.8. The van der Waals surface area contributed by atoms with E-state index < -0.39 is 34.0 Å². The van der Waals surface area contributed by atoms with Crippen LogP contribution in [0.25, 0.3) is 0 Å². The van der Waals surface area contributed by atoms with Crippen molar-refractivity contribution in [1.82, 2.24) is 20.5 Å². The Balaban J connectivity index is 0.000000235. The van der Waals surface area contributed by atoms with Crippen molar-refractivity contribution in [2.24, 2.45) is 10.5 Å². The van der Waals surface area contributed by atoms with Crippen LogP contribution >= 0.6 is 15.5 Å². The molecule has 0 atom stereocenters. The fourth-order valence-corrected chi connectivity index (χ4v) is 2.89. The lowest BCUT2D eigenvalue weighted by Gasteiger charge is -2.30. The van der Waals surface area contributed by atoms with Crippen molar-refractivity contribution in [3.8, 4) is 0 Å². The summed E-state index contributed by atoms with van der Waals surface area (Å²) >= 11 is 0. The minimum Gasteiger partial charge on any atom is -0.480 e. The lowest BCUT2D eigenvalue weighted by Crippen LogP contribution is -2.37. The van der Waals surface area contributed by atoms with Crippen LogP contribution in [0.4, 0.5) is 0 Å². The van der Waals surface area contributed by atoms with Crippen LogP contribution in [0.1, 0.15) is 0 Å². The van der Waals surface area contributed by atoms with E-state index in [0.29, 0.717) is 13.2 Å². The molecular formula is C7H18N6O8P2. The number of nitrogens with two attached hydrogens (primary N) is 1. The first-order valence-corrected chi connectivity index (χ1v) is 9.12. The summed E-state index contributed by atoms with van der Waals surface area (Å²) in [6.07, 6.45) is 0. The van der Waals surface area contributed by atoms with Crippen LogP contribution in [0.15, 0.2) is 4.76 Å². The van der Waals surface area contributed by atoms with Gasteiger partial charge in [0.1, 0.15) is 6.54 Å². The SMILES string of the molecule is CN(CC(=O)O)C(N)=NP(=O)(O)O.O=P1(N2CCNC2)ONO1. The Morgan fingerprint density at radius 2 is 2.13 bits per heavy atom. The number of rotatable bonds is 4. The Hall–Kier alpha value is -1.08. The highest BCUT2D eigenvalue weighted by atomic mass is 31.2. The van der Waals surface area contributed by atoms with Gasteiger partial charge in [0.15, 0.2) is 0 Å². The van der Waals surface area contributed by atoms with Gasteiger partial charge in [0.2, 0.25) is 5.96 Å². The molecule has 0 aromatic heterocycles. The van der Waals surface area contributed by atoms with Gasteiger partial charge in [-0.25, -0.2) is 9.13 Å². The van der Waals surface area contributed by atoms with E-state index in [4.69, 9.17) is 20.6 Å². The number of carbonyl (C=O) groups is 1. The van der Waals surface area contributed by atoms with Crippen molar-refractivity contribution in [3.05, 3.63) is 0 Å². The van der Waals surface area contributed by atoms with Crippen LogP contribution in [-0.4, -0.2) is 69.7 Å². The summed E-state index contributed by atoms with van der Waals surface area (Å²) in [6, 6.07) is 0. The second-order valence-corrected chi connectivity index (χ2v) is 7.44. The Morgan fingerprint density at radius 3 is 2.48 bits per heavy atom. The molecule has 2 saturated heterocycles. The van der Waals surface area contributed by atoms with Crippen LogP contribution in [0.2, 0.25) is 0 Å². The second kappa shape index (κ2) is 8.15. The number of carboxylic acids is 1. The highest BCUT2D eigenvalue weighted by Gasteiger charge is 2.43. The molecule has 0 unspecified atom stereocenters. The minimum atomic E-state index is -4.59. The van der Waals surface area contributed by atoms with Gasteiger partial charge in [0, 0.05) is 20.1 Å². The van der Waals surface area contributed by atoms with E-state index in [0.717, 1.165) is 11.4 Å². The van der Waals surface area contributed by atoms with Gasteiger partial charge in [0.25, 0.3) is 0 Å². The van der Waals surface area contributed by atoms with Crippen molar-refractivity contribution < 1.29 is 38.1 Å². The number of carboxylic acid groups (broad SMARTS) is 1. The molecule has 0 amide bonds. The van der Waals surface area contributed by atoms with Crippen molar-refractivity contribution in [1.29, 1.82) is 0 Å². The van der Waals surface area contributed by atoms with Gasteiger partial charge in [-0.1, -0.05) is 5.64 Å². The predicted molar refractivity (Wildman–Crippen MR) is 76.4 cm³/mol. The Bertz CT molecular complexity index is 537. The number of nitrogens with zero attached hydrogens (tertiary/aromatic N) is 3. The molecule has 2 rings (SSSR count). The summed E-state index contributed by atoms with van der Waals surface area (Å²) in [5, 5.41) is 11.3. The largest absolute Gasteiger partial charge is 0.480 e. The molecule has 2 fully saturated rings. The van der Waals surface area contributed by atoms with Crippen molar-refractivity contribution >= 4 is 27.4 Å². The fraction of sp³-hybridized carbons (Fsp3) is 0.714. The van der Waals surface area contributed by atoms with Gasteiger partial charge >= 0.3 is 21.5 Å². The maximum absolute atomic E-state index is 11.3. The summed E-state index contributed by atoms with van der Waals surface area (Å²) in [5.74, 6) is -1.69. The molecule has 0 aromatic carbocycles. The van der Waals surface area contributed by atoms with Crippen LogP contribution < -0.4 is 16.7 Å². The molecule has 23 heavy (non-hydrogen) atoms. The number of nitrogens with one attached hydrogen (secondary N) is 2. The average molecular weight is 376 g/mol. The van der Waals surface area contributed by atoms with E-state index in [-0.39, 0.29) is 0 Å². The summed E-state index contributed by atoms with van der Waals surface area (Å²) < 4.78 is 35.1. The Labute approximate surface area is 130 Å². The summed E-state index contributed by atoms with van der Waals surface area (Å²) in [7, 11) is -6.22. The maximum atomic E-state index is 11.3. The second-order valence-electron chi connectivity index (χ2n) is 4.34. The van der Waals surface area contributed by atoms with Gasteiger partial charge in [-0.05, 0) is 0 Å². The number of likely N-dealkylation sites (N-methyl/N-ethyl adjacent to an activating group) is 1. The third-order valence-corrected chi connectivity index (χ3v) is 4.60. The van der Waals surface area contributed by atoms with Gasteiger partial charge in [-0.3, -0.25) is 4.79 Å². The lowest BCUT2D eigenvalue weighted by molar-refractivity contribution is -0.137. The van der Waals surface area contributed by atoms with Crippen molar-refractivity contribution in [2.75, 3.05) is 33.4 Å². The molecule has 7 N–H and O–H groups in total. The highest BCUT2D eigenvalue weighted by molar-refractivity contribution is 7.52. The smallest absolute Gasteiger partial charge is 0.451 e. The first-order valence-electron chi connectivity index (χ1n) is 6.06. The molecule has 2 aliphatic heterocycles. The highest BCUT2D eigenvalue weighted by Crippen LogP contribution is 2.55. The number of aliphatic carboxylic acids is 1. The molecule has 0 spiro atoms. The van der Waals surface area contributed by atoms with Gasteiger partial charge in [-0.15, -0.1) is 4.76 Å². The molecule has 0 bridgehead atoms. The standard InChI is InChI=1S/C4H10N3O5P.C3H8N3O3P/c1-7(2-3(8)9)4(5)6-13(10,11)12;7-10(8-5-9-10)6-2-1-4-3-6/h2H2,1H3,(H,8,9)(H4,5,6,10,11,12);4-5H,1-3H2. The topological polar surface area (TPSA) is 199 Å². The molecule has 0 aliphatic carbocycles. The molecule has 2 heterocycles. The van der Waals surface area contributed by atoms with Crippen LogP contribution in [-0.2, 0) is 23.2 Å². The number of hydrogen-bond acceptors (Lipinski definition) is 7. The van der Waals surface area contributed by atoms with Crippen molar-refractivity contribution in [3.63, 3.8) is 0 Å². The minimum absolute atomic E-state index is 0.477. The maximum Gasteiger partial charge on any atom is 0.451 e. The summed E-state index contributed by atoms with van der Waals surface area (Å²) in [5.41, 5.74) is 7.12. The average Bonchev–Trinajstić information content (AvgIpc) is 2.88. The van der Waals surface area contributed by atoms with Gasteiger partial charge in [-0.2, -0.15) is 13.9 Å². The van der Waals surface area contributed by atoms with E-state index >= 15 is 0 Å². The molecule has 14 nitrogen and oxygen atoms in total. The van der Waals surface area contributed by atoms with E-state index in [1.165, 1.54) is 7.05 Å². The van der Waals surface area contributed by atoms with E-state index in [9.17, 15) is 13.9 Å². The molecule has 134 valence electrons. The monoisotopic (exact) mass is 376 g/mol.